The van der Waals surface area contributed by atoms with Crippen LogP contribution >= 0.6 is 0 Å². The van der Waals surface area contributed by atoms with E-state index in [4.69, 9.17) is 0 Å². The third kappa shape index (κ3) is 2.16. The predicted molar refractivity (Wildman–Crippen MR) is 74.3 cm³/mol. The van der Waals surface area contributed by atoms with Crippen LogP contribution in [0.15, 0.2) is 42.7 Å². The van der Waals surface area contributed by atoms with Gasteiger partial charge in [-0.05, 0) is 41.3 Å². The average Bonchev–Trinajstić information content (AvgIpc) is 2.47. The van der Waals surface area contributed by atoms with Crippen LogP contribution in [0.3, 0.4) is 0 Å². The highest BCUT2D eigenvalue weighted by Crippen LogP contribution is 2.25. The maximum absolute atomic E-state index is 4.19. The molecule has 0 spiro atoms. The zero-order chi connectivity index (χ0) is 12.4. The Bertz CT molecular complexity index is 534. The lowest BCUT2D eigenvalue weighted by Crippen LogP contribution is -2.30. The Morgan fingerprint density at radius 2 is 2.11 bits per heavy atom. The summed E-state index contributed by atoms with van der Waals surface area (Å²) in [7, 11) is 0. The molecule has 2 heteroatoms. The van der Waals surface area contributed by atoms with Crippen molar-refractivity contribution >= 4 is 0 Å². The molecule has 0 saturated heterocycles. The highest BCUT2D eigenvalue weighted by Gasteiger charge is 2.15. The first-order valence-electron chi connectivity index (χ1n) is 6.61. The van der Waals surface area contributed by atoms with E-state index in [1.54, 1.807) is 0 Å². The van der Waals surface area contributed by atoms with E-state index in [2.05, 4.69) is 41.1 Å². The number of pyridine rings is 1. The maximum atomic E-state index is 4.19. The van der Waals surface area contributed by atoms with Gasteiger partial charge in [-0.3, -0.25) is 9.88 Å². The van der Waals surface area contributed by atoms with E-state index in [1.807, 2.05) is 18.5 Å². The molecule has 92 valence electrons. The normalized spacial score (nSPS) is 15.4. The molecule has 2 nitrogen and oxygen atoms in total. The van der Waals surface area contributed by atoms with Crippen LogP contribution in [-0.4, -0.2) is 23.0 Å². The second-order valence-electron chi connectivity index (χ2n) is 4.84. The second-order valence-corrected chi connectivity index (χ2v) is 4.84. The first-order valence-corrected chi connectivity index (χ1v) is 6.61. The summed E-state index contributed by atoms with van der Waals surface area (Å²) in [6.45, 7) is 5.65. The molecule has 0 saturated carbocycles. The van der Waals surface area contributed by atoms with E-state index in [-0.39, 0.29) is 0 Å². The van der Waals surface area contributed by atoms with Crippen molar-refractivity contribution in [2.24, 2.45) is 0 Å². The molecule has 0 radical (unpaired) electrons. The predicted octanol–water partition coefficient (Wildman–Crippen LogP) is 3.13. The van der Waals surface area contributed by atoms with Crippen LogP contribution in [0.25, 0.3) is 11.1 Å². The maximum Gasteiger partial charge on any atom is 0.0346 e. The average molecular weight is 238 g/mol. The molecule has 0 bridgehead atoms. The topological polar surface area (TPSA) is 16.1 Å². The fourth-order valence-corrected chi connectivity index (χ4v) is 2.59. The van der Waals surface area contributed by atoms with Crippen LogP contribution in [0.1, 0.15) is 18.1 Å². The van der Waals surface area contributed by atoms with Gasteiger partial charge in [-0.25, -0.2) is 0 Å². The monoisotopic (exact) mass is 238 g/mol. The molecule has 1 aliphatic heterocycles. The van der Waals surface area contributed by atoms with Gasteiger partial charge in [-0.2, -0.15) is 0 Å². The van der Waals surface area contributed by atoms with E-state index in [9.17, 15) is 0 Å². The van der Waals surface area contributed by atoms with E-state index < -0.39 is 0 Å². The summed E-state index contributed by atoms with van der Waals surface area (Å²) in [5, 5.41) is 0. The van der Waals surface area contributed by atoms with E-state index in [1.165, 1.54) is 28.8 Å². The van der Waals surface area contributed by atoms with Gasteiger partial charge in [0.15, 0.2) is 0 Å². The molecule has 0 aliphatic carbocycles. The van der Waals surface area contributed by atoms with Crippen LogP contribution in [0, 0.1) is 0 Å². The summed E-state index contributed by atoms with van der Waals surface area (Å²) < 4.78 is 0. The van der Waals surface area contributed by atoms with Crippen LogP contribution in [0.4, 0.5) is 0 Å². The van der Waals surface area contributed by atoms with Crippen LogP contribution in [0.5, 0.6) is 0 Å². The van der Waals surface area contributed by atoms with Gasteiger partial charge in [-0.15, -0.1) is 0 Å². The molecule has 2 aromatic rings. The van der Waals surface area contributed by atoms with Crippen molar-refractivity contribution < 1.29 is 0 Å². The van der Waals surface area contributed by atoms with Crippen LogP contribution < -0.4 is 0 Å². The summed E-state index contributed by atoms with van der Waals surface area (Å²) >= 11 is 0. The number of hydrogen-bond donors (Lipinski definition) is 0. The van der Waals surface area contributed by atoms with Crippen molar-refractivity contribution in [2.45, 2.75) is 19.9 Å². The first-order chi connectivity index (χ1) is 8.86. The van der Waals surface area contributed by atoms with E-state index >= 15 is 0 Å². The van der Waals surface area contributed by atoms with Crippen LogP contribution in [-0.2, 0) is 13.0 Å². The Morgan fingerprint density at radius 1 is 1.17 bits per heavy atom. The lowest BCUT2D eigenvalue weighted by Gasteiger charge is -2.27. The highest BCUT2D eigenvalue weighted by molar-refractivity contribution is 5.64. The van der Waals surface area contributed by atoms with Crippen molar-refractivity contribution in [2.75, 3.05) is 13.1 Å². The number of fused-ring (bicyclic) bond motifs is 1. The fourth-order valence-electron chi connectivity index (χ4n) is 2.59. The molecule has 0 atom stereocenters. The second kappa shape index (κ2) is 4.91. The molecular weight excluding hydrogens is 220 g/mol. The molecule has 0 fully saturated rings. The van der Waals surface area contributed by atoms with Crippen LogP contribution in [0.2, 0.25) is 0 Å². The lowest BCUT2D eigenvalue weighted by atomic mass is 9.95. The summed E-state index contributed by atoms with van der Waals surface area (Å²) in [6, 6.07) is 10.9. The molecule has 0 unspecified atom stereocenters. The lowest BCUT2D eigenvalue weighted by molar-refractivity contribution is 0.268. The number of hydrogen-bond acceptors (Lipinski definition) is 2. The number of nitrogens with zero attached hydrogens (tertiary/aromatic N) is 2. The molecule has 3 rings (SSSR count). The van der Waals surface area contributed by atoms with Gasteiger partial charge < -0.3 is 0 Å². The van der Waals surface area contributed by atoms with Crippen molar-refractivity contribution in [1.82, 2.24) is 9.88 Å². The van der Waals surface area contributed by atoms with Crippen molar-refractivity contribution in [3.63, 3.8) is 0 Å². The molecule has 0 amide bonds. The summed E-state index contributed by atoms with van der Waals surface area (Å²) in [5.74, 6) is 0. The Morgan fingerprint density at radius 3 is 2.89 bits per heavy atom. The zero-order valence-electron chi connectivity index (χ0n) is 10.8. The molecule has 18 heavy (non-hydrogen) atoms. The smallest absolute Gasteiger partial charge is 0.0346 e. The van der Waals surface area contributed by atoms with Gasteiger partial charge in [0.2, 0.25) is 0 Å². The van der Waals surface area contributed by atoms with Gasteiger partial charge in [0, 0.05) is 25.5 Å². The number of rotatable bonds is 2. The van der Waals surface area contributed by atoms with Crippen molar-refractivity contribution in [1.29, 1.82) is 0 Å². The molecular formula is C16H18N2. The van der Waals surface area contributed by atoms with Gasteiger partial charge in [0.25, 0.3) is 0 Å². The third-order valence-corrected chi connectivity index (χ3v) is 3.74. The van der Waals surface area contributed by atoms with Crippen molar-refractivity contribution in [3.05, 3.63) is 53.9 Å². The van der Waals surface area contributed by atoms with Gasteiger partial charge in [0.05, 0.1) is 0 Å². The molecule has 0 N–H and O–H groups in total. The SMILES string of the molecule is CCN1CCc2cc(-c3cccnc3)ccc2C1. The zero-order valence-corrected chi connectivity index (χ0v) is 10.8. The Balaban J connectivity index is 1.93. The van der Waals surface area contributed by atoms with Crippen molar-refractivity contribution in [3.8, 4) is 11.1 Å². The third-order valence-electron chi connectivity index (χ3n) is 3.74. The quantitative estimate of drug-likeness (QED) is 0.799. The highest BCUT2D eigenvalue weighted by atomic mass is 15.1. The number of aromatic nitrogens is 1. The molecule has 1 aromatic carbocycles. The minimum absolute atomic E-state index is 1.10. The summed E-state index contributed by atoms with van der Waals surface area (Å²) in [5.41, 5.74) is 5.47. The van der Waals surface area contributed by atoms with Gasteiger partial charge in [0.1, 0.15) is 0 Å². The summed E-state index contributed by atoms with van der Waals surface area (Å²) in [4.78, 5) is 6.68. The minimum atomic E-state index is 1.10. The van der Waals surface area contributed by atoms with E-state index in [0.717, 1.165) is 19.5 Å². The molecule has 1 aromatic heterocycles. The first kappa shape index (κ1) is 11.4. The number of benzene rings is 1. The minimum Gasteiger partial charge on any atom is -0.299 e. The number of likely N-dealkylation sites (N-methyl/N-ethyl adjacent to an activating group) is 1. The van der Waals surface area contributed by atoms with Gasteiger partial charge in [-0.1, -0.05) is 31.2 Å². The molecule has 2 heterocycles. The van der Waals surface area contributed by atoms with Gasteiger partial charge >= 0.3 is 0 Å². The largest absolute Gasteiger partial charge is 0.299 e. The Hall–Kier alpha value is -1.67. The molecule has 1 aliphatic rings. The Kier molecular flexibility index (Phi) is 3.11. The Labute approximate surface area is 108 Å². The van der Waals surface area contributed by atoms with E-state index in [0.29, 0.717) is 0 Å². The fraction of sp³-hybridized carbons (Fsp3) is 0.312. The standard InChI is InChI=1S/C16H18N2/c1-2-18-9-7-14-10-13(5-6-16(14)12-18)15-4-3-8-17-11-15/h3-6,8,10-11H,2,7,9,12H2,1H3. The summed E-state index contributed by atoms with van der Waals surface area (Å²) in [6.07, 6.45) is 4.92.